The Bertz CT molecular complexity index is 637. The lowest BCUT2D eigenvalue weighted by Crippen LogP contribution is -2.57. The Morgan fingerprint density at radius 2 is 1.80 bits per heavy atom. The molecule has 1 aromatic rings. The average Bonchev–Trinajstić information content (AvgIpc) is 2.45. The molecular weight excluding hydrogens is 312 g/mol. The second-order valence-corrected chi connectivity index (χ2v) is 8.84. The highest BCUT2D eigenvalue weighted by Gasteiger charge is 2.51. The first kappa shape index (κ1) is 17.1. The Kier molecular flexibility index (Phi) is 4.19. The molecule has 0 aromatic carbocycles. The van der Waals surface area contributed by atoms with Crippen LogP contribution in [-0.4, -0.2) is 42.4 Å². The topological polar surface area (TPSA) is 63.4 Å². The molecule has 1 spiro atoms. The molecule has 3 fully saturated rings. The lowest BCUT2D eigenvalue weighted by Gasteiger charge is -2.57. The second kappa shape index (κ2) is 6.13. The normalized spacial score (nSPS) is 37.6. The van der Waals surface area contributed by atoms with Crippen molar-refractivity contribution in [3.05, 3.63) is 17.3 Å². The molecule has 5 heteroatoms. The molecule has 5 nitrogen and oxygen atoms in total. The number of hydrogen-bond donors (Lipinski definition) is 2. The Balaban J connectivity index is 1.44. The van der Waals surface area contributed by atoms with Crippen LogP contribution in [-0.2, 0) is 4.74 Å². The molecule has 2 atom stereocenters. The molecule has 0 radical (unpaired) electrons. The first-order valence-electron chi connectivity index (χ1n) is 9.74. The summed E-state index contributed by atoms with van der Waals surface area (Å²) in [4.78, 5) is 7.32. The number of hydrogen-bond acceptors (Lipinski definition) is 5. The van der Waals surface area contributed by atoms with Gasteiger partial charge < -0.3 is 20.7 Å². The Morgan fingerprint density at radius 1 is 1.16 bits per heavy atom. The van der Waals surface area contributed by atoms with Gasteiger partial charge in [-0.2, -0.15) is 0 Å². The third-order valence-electron chi connectivity index (χ3n) is 6.20. The van der Waals surface area contributed by atoms with Gasteiger partial charge >= 0.3 is 0 Å². The van der Waals surface area contributed by atoms with E-state index in [1.165, 1.54) is 36.9 Å². The molecule has 3 N–H and O–H groups in total. The van der Waals surface area contributed by atoms with E-state index < -0.39 is 0 Å². The number of anilines is 2. The molecule has 4 rings (SSSR count). The number of aryl methyl sites for hydroxylation is 2. The van der Waals surface area contributed by atoms with Crippen LogP contribution < -0.4 is 16.0 Å². The van der Waals surface area contributed by atoms with Crippen molar-refractivity contribution in [2.24, 2.45) is 11.1 Å². The van der Waals surface area contributed by atoms with Crippen molar-refractivity contribution in [3.63, 3.8) is 0 Å². The van der Waals surface area contributed by atoms with E-state index in [1.54, 1.807) is 0 Å². The summed E-state index contributed by atoms with van der Waals surface area (Å²) in [6.07, 6.45) is 5.46. The van der Waals surface area contributed by atoms with E-state index in [0.717, 1.165) is 24.6 Å². The molecule has 2 unspecified atom stereocenters. The molecule has 3 aliphatic rings. The maximum atomic E-state index is 5.97. The molecule has 1 saturated heterocycles. The van der Waals surface area contributed by atoms with Crippen molar-refractivity contribution in [1.29, 1.82) is 0 Å². The highest BCUT2D eigenvalue weighted by Crippen LogP contribution is 2.56. The zero-order valence-electron chi connectivity index (χ0n) is 16.0. The molecule has 1 aromatic heterocycles. The van der Waals surface area contributed by atoms with Crippen LogP contribution in [0.4, 0.5) is 11.5 Å². The number of pyridine rings is 1. The smallest absolute Gasteiger partial charge is 0.132 e. The summed E-state index contributed by atoms with van der Waals surface area (Å²) in [6, 6.07) is 3.31. The Labute approximate surface area is 151 Å². The maximum Gasteiger partial charge on any atom is 0.132 e. The van der Waals surface area contributed by atoms with Gasteiger partial charge in [0, 0.05) is 25.2 Å². The van der Waals surface area contributed by atoms with Crippen LogP contribution in [0.25, 0.3) is 0 Å². The number of ether oxygens (including phenoxy) is 1. The third kappa shape index (κ3) is 3.24. The van der Waals surface area contributed by atoms with Gasteiger partial charge in [0.1, 0.15) is 5.82 Å². The first-order chi connectivity index (χ1) is 11.8. The van der Waals surface area contributed by atoms with E-state index >= 15 is 0 Å². The molecule has 2 aliphatic carbocycles. The highest BCUT2D eigenvalue weighted by atomic mass is 16.5. The van der Waals surface area contributed by atoms with Crippen molar-refractivity contribution >= 4 is 11.5 Å². The van der Waals surface area contributed by atoms with Crippen LogP contribution in [0.15, 0.2) is 6.07 Å². The third-order valence-corrected chi connectivity index (χ3v) is 6.20. The first-order valence-corrected chi connectivity index (χ1v) is 9.74. The fraction of sp³-hybridized carbons (Fsp3) is 0.750. The van der Waals surface area contributed by atoms with Gasteiger partial charge in [0.15, 0.2) is 0 Å². The quantitative estimate of drug-likeness (QED) is 0.882. The van der Waals surface area contributed by atoms with Crippen molar-refractivity contribution in [1.82, 2.24) is 4.98 Å². The zero-order chi connectivity index (χ0) is 17.8. The molecule has 1 aliphatic heterocycles. The van der Waals surface area contributed by atoms with Gasteiger partial charge in [-0.1, -0.05) is 0 Å². The van der Waals surface area contributed by atoms with Gasteiger partial charge in [0.25, 0.3) is 0 Å². The van der Waals surface area contributed by atoms with E-state index in [0.29, 0.717) is 17.5 Å². The van der Waals surface area contributed by atoms with Crippen molar-refractivity contribution in [2.75, 3.05) is 23.3 Å². The summed E-state index contributed by atoms with van der Waals surface area (Å²) < 4.78 is 5.86. The van der Waals surface area contributed by atoms with E-state index in [-0.39, 0.29) is 12.2 Å². The molecule has 0 bridgehead atoms. The minimum atomic E-state index is 0.253. The van der Waals surface area contributed by atoms with E-state index in [9.17, 15) is 0 Å². The highest BCUT2D eigenvalue weighted by molar-refractivity contribution is 5.59. The monoisotopic (exact) mass is 344 g/mol. The maximum absolute atomic E-state index is 5.97. The van der Waals surface area contributed by atoms with Crippen molar-refractivity contribution < 1.29 is 4.74 Å². The molecule has 25 heavy (non-hydrogen) atoms. The van der Waals surface area contributed by atoms with Gasteiger partial charge in [-0.15, -0.1) is 0 Å². The largest absolute Gasteiger partial charge is 0.381 e. The van der Waals surface area contributed by atoms with Crippen LogP contribution >= 0.6 is 0 Å². The van der Waals surface area contributed by atoms with Gasteiger partial charge in [0.2, 0.25) is 0 Å². The summed E-state index contributed by atoms with van der Waals surface area (Å²) >= 11 is 0. The summed E-state index contributed by atoms with van der Waals surface area (Å²) in [6.45, 7) is 10.4. The number of nitrogens with two attached hydrogens (primary N) is 1. The van der Waals surface area contributed by atoms with Gasteiger partial charge in [-0.05, 0) is 70.4 Å². The van der Waals surface area contributed by atoms with Crippen LogP contribution in [0, 0.1) is 19.3 Å². The van der Waals surface area contributed by atoms with Crippen LogP contribution in [0.1, 0.15) is 50.8 Å². The lowest BCUT2D eigenvalue weighted by atomic mass is 9.52. The number of nitrogens with one attached hydrogen (secondary N) is 1. The number of morpholine rings is 1. The van der Waals surface area contributed by atoms with Gasteiger partial charge in [0.05, 0.1) is 23.6 Å². The summed E-state index contributed by atoms with van der Waals surface area (Å²) in [5.74, 6) is 1.11. The average molecular weight is 345 g/mol. The van der Waals surface area contributed by atoms with Crippen molar-refractivity contribution in [3.8, 4) is 0 Å². The summed E-state index contributed by atoms with van der Waals surface area (Å²) in [7, 11) is 0. The number of nitrogens with zero attached hydrogens (tertiary/aromatic N) is 2. The predicted octanol–water partition coefficient (Wildman–Crippen LogP) is 2.99. The van der Waals surface area contributed by atoms with Crippen LogP contribution in [0.2, 0.25) is 0 Å². The SMILES string of the molecule is Cc1cc(NC2CC3(CC(N)C3)C2)c(C)nc1N1CC(C)OC(C)C1. The molecular formula is C20H32N4O. The van der Waals surface area contributed by atoms with Crippen LogP contribution in [0.3, 0.4) is 0 Å². The lowest BCUT2D eigenvalue weighted by molar-refractivity contribution is -0.00549. The zero-order valence-corrected chi connectivity index (χ0v) is 16.0. The summed E-state index contributed by atoms with van der Waals surface area (Å²) in [5.41, 5.74) is 10.1. The van der Waals surface area contributed by atoms with E-state index in [1.807, 2.05) is 0 Å². The molecule has 0 amide bonds. The second-order valence-electron chi connectivity index (χ2n) is 8.84. The molecule has 2 saturated carbocycles. The summed E-state index contributed by atoms with van der Waals surface area (Å²) in [5, 5.41) is 3.73. The Morgan fingerprint density at radius 3 is 2.40 bits per heavy atom. The van der Waals surface area contributed by atoms with Gasteiger partial charge in [-0.3, -0.25) is 0 Å². The number of rotatable bonds is 3. The van der Waals surface area contributed by atoms with E-state index in [2.05, 4.69) is 44.0 Å². The number of aromatic nitrogens is 1. The van der Waals surface area contributed by atoms with Crippen molar-refractivity contribution in [2.45, 2.75) is 77.7 Å². The minimum absolute atomic E-state index is 0.253. The van der Waals surface area contributed by atoms with Crippen LogP contribution in [0.5, 0.6) is 0 Å². The van der Waals surface area contributed by atoms with Gasteiger partial charge in [-0.25, -0.2) is 4.98 Å². The fourth-order valence-electron chi connectivity index (χ4n) is 5.20. The molecule has 2 heterocycles. The Hall–Kier alpha value is -1.33. The fourth-order valence-corrected chi connectivity index (χ4v) is 5.20. The minimum Gasteiger partial charge on any atom is -0.381 e. The molecule has 138 valence electrons. The standard InChI is InChI=1S/C20H32N4O/c1-12-5-18(23-17-8-20(9-17)6-16(21)7-20)15(4)22-19(12)24-10-13(2)25-14(3)11-24/h5,13-14,16-17,23H,6-11,21H2,1-4H3. The predicted molar refractivity (Wildman–Crippen MR) is 102 cm³/mol. The van der Waals surface area contributed by atoms with E-state index in [4.69, 9.17) is 15.5 Å².